The molecule has 0 atom stereocenters. The summed E-state index contributed by atoms with van der Waals surface area (Å²) in [6, 6.07) is 1.88. The van der Waals surface area contributed by atoms with Crippen LogP contribution in [0.4, 0.5) is 11.8 Å². The third kappa shape index (κ3) is 3.20. The van der Waals surface area contributed by atoms with E-state index in [0.29, 0.717) is 5.92 Å². The number of aromatic nitrogens is 2. The normalized spacial score (nSPS) is 10.4. The van der Waals surface area contributed by atoms with Gasteiger partial charge in [0.15, 0.2) is 0 Å². The minimum atomic E-state index is 0.618. The zero-order valence-electron chi connectivity index (χ0n) is 9.28. The van der Waals surface area contributed by atoms with Crippen LogP contribution in [0.3, 0.4) is 0 Å². The monoisotopic (exact) mass is 194 g/mol. The van der Waals surface area contributed by atoms with Gasteiger partial charge in [0.1, 0.15) is 5.82 Å². The van der Waals surface area contributed by atoms with Crippen LogP contribution in [0.2, 0.25) is 0 Å². The highest BCUT2D eigenvalue weighted by Crippen LogP contribution is 2.08. The molecule has 0 saturated heterocycles. The van der Waals surface area contributed by atoms with Crippen molar-refractivity contribution in [3.8, 4) is 0 Å². The first-order chi connectivity index (χ1) is 6.59. The molecule has 1 heterocycles. The standard InChI is InChI=1S/C10H18N4/c1-8(2)7-12-9-5-6-11-10(13-9)14(3)4/h5-6,8H,7H2,1-4H3,(H,11,12,13). The van der Waals surface area contributed by atoms with Gasteiger partial charge in [0.2, 0.25) is 5.95 Å². The van der Waals surface area contributed by atoms with Gasteiger partial charge in [0.05, 0.1) is 0 Å². The lowest BCUT2D eigenvalue weighted by atomic mass is 10.2. The second-order valence-electron chi connectivity index (χ2n) is 3.91. The van der Waals surface area contributed by atoms with E-state index in [4.69, 9.17) is 0 Å². The van der Waals surface area contributed by atoms with Crippen LogP contribution in [-0.4, -0.2) is 30.6 Å². The molecule has 0 fully saturated rings. The van der Waals surface area contributed by atoms with Gasteiger partial charge < -0.3 is 10.2 Å². The van der Waals surface area contributed by atoms with E-state index in [9.17, 15) is 0 Å². The summed E-state index contributed by atoms with van der Waals surface area (Å²) in [4.78, 5) is 10.4. The summed E-state index contributed by atoms with van der Waals surface area (Å²) in [6.45, 7) is 5.27. The fourth-order valence-corrected chi connectivity index (χ4v) is 0.971. The number of anilines is 2. The first-order valence-corrected chi connectivity index (χ1v) is 4.84. The molecule has 0 spiro atoms. The van der Waals surface area contributed by atoms with Crippen LogP contribution in [0.25, 0.3) is 0 Å². The molecule has 0 bridgehead atoms. The molecule has 0 aliphatic heterocycles. The summed E-state index contributed by atoms with van der Waals surface area (Å²) in [7, 11) is 3.86. The van der Waals surface area contributed by atoms with Crippen molar-refractivity contribution in [1.82, 2.24) is 9.97 Å². The molecule has 1 N–H and O–H groups in total. The molecule has 0 aliphatic carbocycles. The van der Waals surface area contributed by atoms with E-state index in [0.717, 1.165) is 18.3 Å². The molecule has 1 aromatic heterocycles. The van der Waals surface area contributed by atoms with Crippen LogP contribution >= 0.6 is 0 Å². The summed E-state index contributed by atoms with van der Waals surface area (Å²) in [6.07, 6.45) is 1.77. The molecule has 78 valence electrons. The van der Waals surface area contributed by atoms with Crippen LogP contribution < -0.4 is 10.2 Å². The molecule has 0 unspecified atom stereocenters. The first kappa shape index (κ1) is 10.8. The topological polar surface area (TPSA) is 41.1 Å². The molecule has 4 heteroatoms. The molecule has 4 nitrogen and oxygen atoms in total. The van der Waals surface area contributed by atoms with Gasteiger partial charge in [-0.15, -0.1) is 0 Å². The Morgan fingerprint density at radius 1 is 1.43 bits per heavy atom. The van der Waals surface area contributed by atoms with Crippen LogP contribution in [0, 0.1) is 5.92 Å². The Kier molecular flexibility index (Phi) is 3.68. The second-order valence-corrected chi connectivity index (χ2v) is 3.91. The highest BCUT2D eigenvalue weighted by Gasteiger charge is 2.00. The summed E-state index contributed by atoms with van der Waals surface area (Å²) >= 11 is 0. The molecule has 0 amide bonds. The molecule has 0 radical (unpaired) electrons. The fraction of sp³-hybridized carbons (Fsp3) is 0.600. The summed E-state index contributed by atoms with van der Waals surface area (Å²) < 4.78 is 0. The molecule has 0 aromatic carbocycles. The zero-order chi connectivity index (χ0) is 10.6. The van der Waals surface area contributed by atoms with Crippen molar-refractivity contribution in [2.24, 2.45) is 5.92 Å². The van der Waals surface area contributed by atoms with E-state index in [1.807, 2.05) is 25.1 Å². The molecular weight excluding hydrogens is 176 g/mol. The lowest BCUT2D eigenvalue weighted by Crippen LogP contribution is -2.15. The minimum Gasteiger partial charge on any atom is -0.370 e. The number of nitrogens with zero attached hydrogens (tertiary/aromatic N) is 3. The van der Waals surface area contributed by atoms with Crippen molar-refractivity contribution in [2.75, 3.05) is 30.9 Å². The Hall–Kier alpha value is -1.32. The van der Waals surface area contributed by atoms with Crippen LogP contribution in [-0.2, 0) is 0 Å². The Balaban J connectivity index is 2.64. The summed E-state index contributed by atoms with van der Waals surface area (Å²) in [5.41, 5.74) is 0. The number of nitrogens with one attached hydrogen (secondary N) is 1. The summed E-state index contributed by atoms with van der Waals surface area (Å²) in [5, 5.41) is 3.26. The highest BCUT2D eigenvalue weighted by atomic mass is 15.2. The van der Waals surface area contributed by atoms with Crippen molar-refractivity contribution in [2.45, 2.75) is 13.8 Å². The largest absolute Gasteiger partial charge is 0.370 e. The third-order valence-corrected chi connectivity index (χ3v) is 1.73. The van der Waals surface area contributed by atoms with E-state index >= 15 is 0 Å². The van der Waals surface area contributed by atoms with E-state index in [1.54, 1.807) is 6.20 Å². The lowest BCUT2D eigenvalue weighted by Gasteiger charge is -2.12. The van der Waals surface area contributed by atoms with Crippen LogP contribution in [0.1, 0.15) is 13.8 Å². The Morgan fingerprint density at radius 3 is 2.71 bits per heavy atom. The number of hydrogen-bond donors (Lipinski definition) is 1. The maximum Gasteiger partial charge on any atom is 0.226 e. The van der Waals surface area contributed by atoms with Crippen molar-refractivity contribution >= 4 is 11.8 Å². The second kappa shape index (κ2) is 4.79. The Morgan fingerprint density at radius 2 is 2.14 bits per heavy atom. The average molecular weight is 194 g/mol. The average Bonchev–Trinajstić information content (AvgIpc) is 2.15. The SMILES string of the molecule is CC(C)CNc1ccnc(N(C)C)n1. The summed E-state index contributed by atoms with van der Waals surface area (Å²) in [5.74, 6) is 2.24. The van der Waals surface area contributed by atoms with Gasteiger partial charge >= 0.3 is 0 Å². The lowest BCUT2D eigenvalue weighted by molar-refractivity contribution is 0.686. The molecule has 1 rings (SSSR count). The van der Waals surface area contributed by atoms with Crippen LogP contribution in [0.15, 0.2) is 12.3 Å². The Labute approximate surface area is 85.4 Å². The minimum absolute atomic E-state index is 0.618. The van der Waals surface area contributed by atoms with Gasteiger partial charge in [0.25, 0.3) is 0 Å². The highest BCUT2D eigenvalue weighted by molar-refractivity contribution is 5.40. The molecule has 0 aliphatic rings. The van der Waals surface area contributed by atoms with E-state index in [2.05, 4.69) is 29.1 Å². The number of rotatable bonds is 4. The van der Waals surface area contributed by atoms with Crippen molar-refractivity contribution in [3.05, 3.63) is 12.3 Å². The van der Waals surface area contributed by atoms with Gasteiger partial charge in [-0.05, 0) is 12.0 Å². The third-order valence-electron chi connectivity index (χ3n) is 1.73. The predicted octanol–water partition coefficient (Wildman–Crippen LogP) is 1.61. The Bertz CT molecular complexity index is 283. The van der Waals surface area contributed by atoms with E-state index in [-0.39, 0.29) is 0 Å². The van der Waals surface area contributed by atoms with Gasteiger partial charge in [-0.3, -0.25) is 0 Å². The number of hydrogen-bond acceptors (Lipinski definition) is 4. The van der Waals surface area contributed by atoms with Gasteiger partial charge in [-0.2, -0.15) is 4.98 Å². The van der Waals surface area contributed by atoms with Gasteiger partial charge in [0, 0.05) is 26.8 Å². The quantitative estimate of drug-likeness (QED) is 0.790. The molecule has 0 saturated carbocycles. The maximum atomic E-state index is 4.35. The molecular formula is C10H18N4. The zero-order valence-corrected chi connectivity index (χ0v) is 9.28. The first-order valence-electron chi connectivity index (χ1n) is 4.84. The van der Waals surface area contributed by atoms with E-state index in [1.165, 1.54) is 0 Å². The van der Waals surface area contributed by atoms with Gasteiger partial charge in [-0.1, -0.05) is 13.8 Å². The predicted molar refractivity (Wildman–Crippen MR) is 59.7 cm³/mol. The molecule has 14 heavy (non-hydrogen) atoms. The van der Waals surface area contributed by atoms with Crippen molar-refractivity contribution in [1.29, 1.82) is 0 Å². The van der Waals surface area contributed by atoms with E-state index < -0.39 is 0 Å². The maximum absolute atomic E-state index is 4.35. The van der Waals surface area contributed by atoms with Crippen molar-refractivity contribution in [3.63, 3.8) is 0 Å². The molecule has 1 aromatic rings. The smallest absolute Gasteiger partial charge is 0.226 e. The fourth-order valence-electron chi connectivity index (χ4n) is 0.971. The van der Waals surface area contributed by atoms with Gasteiger partial charge in [-0.25, -0.2) is 4.98 Å². The van der Waals surface area contributed by atoms with Crippen molar-refractivity contribution < 1.29 is 0 Å². The van der Waals surface area contributed by atoms with Crippen LogP contribution in [0.5, 0.6) is 0 Å².